The van der Waals surface area contributed by atoms with Gasteiger partial charge in [0.1, 0.15) is 0 Å². The zero-order chi connectivity index (χ0) is 16.2. The van der Waals surface area contributed by atoms with Gasteiger partial charge in [-0.05, 0) is 11.4 Å². The normalized spacial score (nSPS) is 10.8. The number of esters is 1. The van der Waals surface area contributed by atoms with E-state index in [-0.39, 0.29) is 31.4 Å². The van der Waals surface area contributed by atoms with Crippen molar-refractivity contribution in [3.05, 3.63) is 39.8 Å². The van der Waals surface area contributed by atoms with Crippen LogP contribution in [-0.4, -0.2) is 25.9 Å². The molecule has 3 aromatic heterocycles. The second kappa shape index (κ2) is 6.57. The van der Waals surface area contributed by atoms with Crippen molar-refractivity contribution in [2.24, 2.45) is 0 Å². The first-order valence-electron chi connectivity index (χ1n) is 6.68. The van der Waals surface area contributed by atoms with Gasteiger partial charge in [0.25, 0.3) is 11.8 Å². The minimum absolute atomic E-state index is 0.0244. The Hall–Kier alpha value is -2.75. The van der Waals surface area contributed by atoms with E-state index in [1.54, 1.807) is 13.0 Å². The van der Waals surface area contributed by atoms with Crippen LogP contribution < -0.4 is 5.76 Å². The summed E-state index contributed by atoms with van der Waals surface area (Å²) in [6.45, 7) is 1.60. The summed E-state index contributed by atoms with van der Waals surface area (Å²) in [5.74, 6) is -0.275. The molecule has 0 N–H and O–H groups in total. The van der Waals surface area contributed by atoms with E-state index in [0.29, 0.717) is 5.89 Å². The predicted molar refractivity (Wildman–Crippen MR) is 77.5 cm³/mol. The highest BCUT2D eigenvalue weighted by atomic mass is 32.1. The highest BCUT2D eigenvalue weighted by molar-refractivity contribution is 7.13. The minimum Gasteiger partial charge on any atom is -0.456 e. The third-order valence-corrected chi connectivity index (χ3v) is 3.65. The number of aromatic nitrogens is 4. The van der Waals surface area contributed by atoms with Crippen molar-refractivity contribution in [3.63, 3.8) is 0 Å². The zero-order valence-electron chi connectivity index (χ0n) is 12.1. The molecule has 10 heteroatoms. The van der Waals surface area contributed by atoms with E-state index in [9.17, 15) is 9.59 Å². The summed E-state index contributed by atoms with van der Waals surface area (Å²) < 4.78 is 16.2. The van der Waals surface area contributed by atoms with Crippen molar-refractivity contribution in [2.75, 3.05) is 0 Å². The first-order chi connectivity index (χ1) is 11.1. The maximum absolute atomic E-state index is 11.7. The fraction of sp³-hybridized carbons (Fsp3) is 0.308. The summed E-state index contributed by atoms with van der Waals surface area (Å²) in [5, 5.41) is 13.2. The maximum atomic E-state index is 11.7. The van der Waals surface area contributed by atoms with Crippen LogP contribution in [0.2, 0.25) is 0 Å². The summed E-state index contributed by atoms with van der Waals surface area (Å²) in [7, 11) is 0. The third kappa shape index (κ3) is 3.72. The van der Waals surface area contributed by atoms with Crippen LogP contribution in [0.1, 0.15) is 18.2 Å². The molecule has 0 aliphatic rings. The Bertz CT molecular complexity index is 848. The molecule has 0 radical (unpaired) electrons. The van der Waals surface area contributed by atoms with Crippen molar-refractivity contribution in [3.8, 4) is 10.8 Å². The van der Waals surface area contributed by atoms with E-state index in [1.807, 2.05) is 11.4 Å². The molecule has 0 aromatic carbocycles. The fourth-order valence-corrected chi connectivity index (χ4v) is 2.40. The molecule has 3 aromatic rings. The second-order valence-corrected chi connectivity index (χ2v) is 5.45. The lowest BCUT2D eigenvalue weighted by Gasteiger charge is -2.01. The monoisotopic (exact) mass is 336 g/mol. The van der Waals surface area contributed by atoms with Crippen LogP contribution >= 0.6 is 11.3 Å². The molecular formula is C13H12N4O5S. The van der Waals surface area contributed by atoms with Crippen LogP contribution in [0.4, 0.5) is 0 Å². The Kier molecular flexibility index (Phi) is 4.33. The molecule has 0 saturated heterocycles. The number of hydrogen-bond donors (Lipinski definition) is 0. The Morgan fingerprint density at radius 1 is 1.39 bits per heavy atom. The van der Waals surface area contributed by atoms with Crippen LogP contribution in [-0.2, 0) is 22.7 Å². The van der Waals surface area contributed by atoms with Crippen molar-refractivity contribution in [1.82, 2.24) is 20.0 Å². The number of rotatable bonds is 6. The molecule has 0 saturated carbocycles. The smallest absolute Gasteiger partial charge is 0.437 e. The summed E-state index contributed by atoms with van der Waals surface area (Å²) in [5.41, 5.74) is 0. The van der Waals surface area contributed by atoms with Crippen LogP contribution in [0.25, 0.3) is 10.8 Å². The third-order valence-electron chi connectivity index (χ3n) is 2.79. The Morgan fingerprint density at radius 2 is 2.26 bits per heavy atom. The number of ether oxygens (including phenoxy) is 1. The molecule has 0 aliphatic carbocycles. The summed E-state index contributed by atoms with van der Waals surface area (Å²) >= 11 is 1.41. The lowest BCUT2D eigenvalue weighted by atomic mass is 10.4. The number of carbonyl (C=O) groups excluding carboxylic acids is 1. The van der Waals surface area contributed by atoms with E-state index >= 15 is 0 Å². The van der Waals surface area contributed by atoms with Crippen molar-refractivity contribution >= 4 is 17.3 Å². The molecule has 3 rings (SSSR count). The van der Waals surface area contributed by atoms with Gasteiger partial charge in [-0.2, -0.15) is 4.68 Å². The Balaban J connectivity index is 1.54. The largest absolute Gasteiger partial charge is 0.456 e. The van der Waals surface area contributed by atoms with Crippen LogP contribution in [0.5, 0.6) is 0 Å². The standard InChI is InChI=1S/C13H12N4O5S/c1-8-14-15-10(21-8)7-20-11(18)4-5-17-13(19)22-12(16-17)9-3-2-6-23-9/h2-3,6H,4-5,7H2,1H3. The number of nitrogens with zero attached hydrogens (tertiary/aromatic N) is 4. The Labute approximate surface area is 133 Å². The van der Waals surface area contributed by atoms with E-state index < -0.39 is 11.7 Å². The van der Waals surface area contributed by atoms with Crippen LogP contribution in [0.15, 0.2) is 31.1 Å². The maximum Gasteiger partial charge on any atom is 0.437 e. The molecule has 9 nitrogen and oxygen atoms in total. The van der Waals surface area contributed by atoms with Gasteiger partial charge in [0.05, 0.1) is 17.8 Å². The highest BCUT2D eigenvalue weighted by Gasteiger charge is 2.13. The van der Waals surface area contributed by atoms with Crippen molar-refractivity contribution in [1.29, 1.82) is 0 Å². The summed E-state index contributed by atoms with van der Waals surface area (Å²) in [4.78, 5) is 24.1. The van der Waals surface area contributed by atoms with Gasteiger partial charge in [-0.15, -0.1) is 26.6 Å². The molecule has 0 atom stereocenters. The molecule has 3 heterocycles. The molecule has 120 valence electrons. The molecule has 0 bridgehead atoms. The van der Waals surface area contributed by atoms with Gasteiger partial charge in [-0.3, -0.25) is 4.79 Å². The first-order valence-corrected chi connectivity index (χ1v) is 7.56. The van der Waals surface area contributed by atoms with Gasteiger partial charge in [0, 0.05) is 6.92 Å². The van der Waals surface area contributed by atoms with E-state index in [1.165, 1.54) is 11.3 Å². The quantitative estimate of drug-likeness (QED) is 0.620. The Morgan fingerprint density at radius 3 is 2.96 bits per heavy atom. The predicted octanol–water partition coefficient (Wildman–Crippen LogP) is 1.39. The van der Waals surface area contributed by atoms with E-state index in [0.717, 1.165) is 9.56 Å². The van der Waals surface area contributed by atoms with E-state index in [4.69, 9.17) is 13.6 Å². The molecule has 0 fully saturated rings. The SMILES string of the molecule is Cc1nnc(COC(=O)CCn2nc(-c3cccs3)oc2=O)o1. The molecule has 0 aliphatic heterocycles. The summed E-state index contributed by atoms with van der Waals surface area (Å²) in [6.07, 6.45) is -0.0244. The number of carbonyl (C=O) groups is 1. The van der Waals surface area contributed by atoms with Crippen molar-refractivity contribution in [2.45, 2.75) is 26.5 Å². The number of hydrogen-bond acceptors (Lipinski definition) is 9. The second-order valence-electron chi connectivity index (χ2n) is 4.50. The molecule has 23 heavy (non-hydrogen) atoms. The van der Waals surface area contributed by atoms with E-state index in [2.05, 4.69) is 15.3 Å². The van der Waals surface area contributed by atoms with Gasteiger partial charge in [-0.1, -0.05) is 6.07 Å². The van der Waals surface area contributed by atoms with Crippen molar-refractivity contribution < 1.29 is 18.4 Å². The summed E-state index contributed by atoms with van der Waals surface area (Å²) in [6, 6.07) is 3.62. The van der Waals surface area contributed by atoms with Gasteiger partial charge >= 0.3 is 11.7 Å². The number of thiophene rings is 1. The first kappa shape index (κ1) is 15.2. The highest BCUT2D eigenvalue weighted by Crippen LogP contribution is 2.21. The zero-order valence-corrected chi connectivity index (χ0v) is 12.9. The topological polar surface area (TPSA) is 113 Å². The average molecular weight is 336 g/mol. The van der Waals surface area contributed by atoms with Crippen LogP contribution in [0, 0.1) is 6.92 Å². The molecule has 0 amide bonds. The average Bonchev–Trinajstić information content (AvgIpc) is 3.24. The lowest BCUT2D eigenvalue weighted by Crippen LogP contribution is -2.18. The molecular weight excluding hydrogens is 324 g/mol. The lowest BCUT2D eigenvalue weighted by molar-refractivity contribution is -0.146. The fourth-order valence-electron chi connectivity index (χ4n) is 1.75. The van der Waals surface area contributed by atoms with Gasteiger partial charge in [0.15, 0.2) is 6.61 Å². The van der Waals surface area contributed by atoms with Gasteiger partial charge in [0.2, 0.25) is 5.89 Å². The number of aryl methyl sites for hydroxylation is 2. The molecule has 0 unspecified atom stereocenters. The van der Waals surface area contributed by atoms with Gasteiger partial charge < -0.3 is 13.6 Å². The van der Waals surface area contributed by atoms with Crippen LogP contribution in [0.3, 0.4) is 0 Å². The minimum atomic E-state index is -0.617. The molecule has 0 spiro atoms. The van der Waals surface area contributed by atoms with Gasteiger partial charge in [-0.25, -0.2) is 4.79 Å².